The number of carbonyl (C=O) groups is 2. The molecular formula is C26H36O7. The lowest BCUT2D eigenvalue weighted by atomic mass is 9.72. The molecule has 2 saturated heterocycles. The van der Waals surface area contributed by atoms with Crippen LogP contribution in [0.1, 0.15) is 60.8 Å². The van der Waals surface area contributed by atoms with Crippen molar-refractivity contribution in [2.75, 3.05) is 14.2 Å². The van der Waals surface area contributed by atoms with Crippen molar-refractivity contribution in [1.29, 1.82) is 0 Å². The Morgan fingerprint density at radius 1 is 1.15 bits per heavy atom. The van der Waals surface area contributed by atoms with E-state index in [1.807, 2.05) is 27.7 Å². The van der Waals surface area contributed by atoms with Crippen LogP contribution in [-0.2, 0) is 33.3 Å². The molecule has 7 nitrogen and oxygen atoms in total. The molecular weight excluding hydrogens is 424 g/mol. The second-order valence-corrected chi connectivity index (χ2v) is 10.4. The van der Waals surface area contributed by atoms with Gasteiger partial charge in [0.25, 0.3) is 0 Å². The van der Waals surface area contributed by atoms with Crippen molar-refractivity contribution in [1.82, 2.24) is 0 Å². The zero-order valence-corrected chi connectivity index (χ0v) is 20.9. The molecule has 0 aromatic rings. The monoisotopic (exact) mass is 460 g/mol. The number of rotatable bonds is 3. The van der Waals surface area contributed by atoms with Gasteiger partial charge in [0.1, 0.15) is 17.3 Å². The van der Waals surface area contributed by atoms with Crippen molar-refractivity contribution < 1.29 is 33.3 Å². The van der Waals surface area contributed by atoms with Crippen LogP contribution in [0.25, 0.3) is 0 Å². The molecule has 2 fully saturated rings. The smallest absolute Gasteiger partial charge is 0.374 e. The molecule has 0 bridgehead atoms. The van der Waals surface area contributed by atoms with E-state index in [0.29, 0.717) is 30.8 Å². The summed E-state index contributed by atoms with van der Waals surface area (Å²) in [6, 6.07) is 0. The van der Waals surface area contributed by atoms with Gasteiger partial charge in [0.15, 0.2) is 5.79 Å². The van der Waals surface area contributed by atoms with Gasteiger partial charge in [-0.1, -0.05) is 19.9 Å². The van der Waals surface area contributed by atoms with Crippen LogP contribution >= 0.6 is 0 Å². The summed E-state index contributed by atoms with van der Waals surface area (Å²) in [5.41, 5.74) is 2.27. The SMILES string of the molecule is COC1=C(C(C)C)[C@@H]2C/C=C(/C)[C@H]3O[C@@](C)(OC)[C@@H]4C(=O)O/C(=C(\C)CC[C@@]2(C)OC1=O)[C@H]34. The first kappa shape index (κ1) is 24.0. The van der Waals surface area contributed by atoms with Crippen LogP contribution in [0.15, 0.2) is 34.3 Å². The molecule has 0 radical (unpaired) electrons. The summed E-state index contributed by atoms with van der Waals surface area (Å²) < 4.78 is 29.4. The Bertz CT molecular complexity index is 958. The van der Waals surface area contributed by atoms with Crippen LogP contribution in [0.3, 0.4) is 0 Å². The van der Waals surface area contributed by atoms with E-state index in [0.717, 1.165) is 16.7 Å². The van der Waals surface area contributed by atoms with Crippen LogP contribution in [0.2, 0.25) is 0 Å². The fraction of sp³-hybridized carbons (Fsp3) is 0.692. The minimum absolute atomic E-state index is 0.0376. The van der Waals surface area contributed by atoms with E-state index in [-0.39, 0.29) is 29.8 Å². The van der Waals surface area contributed by atoms with Crippen molar-refractivity contribution in [3.63, 3.8) is 0 Å². The van der Waals surface area contributed by atoms with E-state index in [1.165, 1.54) is 7.11 Å². The third-order valence-electron chi connectivity index (χ3n) is 8.04. The molecule has 4 aliphatic rings. The average molecular weight is 461 g/mol. The summed E-state index contributed by atoms with van der Waals surface area (Å²) >= 11 is 0. The third kappa shape index (κ3) is 3.64. The van der Waals surface area contributed by atoms with Crippen LogP contribution in [-0.4, -0.2) is 43.7 Å². The first-order valence-electron chi connectivity index (χ1n) is 11.8. The lowest BCUT2D eigenvalue weighted by Crippen LogP contribution is -2.46. The predicted molar refractivity (Wildman–Crippen MR) is 121 cm³/mol. The van der Waals surface area contributed by atoms with Crippen molar-refractivity contribution in [3.8, 4) is 0 Å². The van der Waals surface area contributed by atoms with Crippen molar-refractivity contribution in [2.45, 2.75) is 78.3 Å². The van der Waals surface area contributed by atoms with E-state index < -0.39 is 23.3 Å². The number of ether oxygens (including phenoxy) is 5. The Kier molecular flexibility index (Phi) is 6.02. The topological polar surface area (TPSA) is 80.3 Å². The Morgan fingerprint density at radius 2 is 1.85 bits per heavy atom. The maximum absolute atomic E-state index is 12.9. The van der Waals surface area contributed by atoms with Gasteiger partial charge < -0.3 is 23.7 Å². The molecule has 0 saturated carbocycles. The molecule has 3 aliphatic heterocycles. The summed E-state index contributed by atoms with van der Waals surface area (Å²) in [7, 11) is 3.09. The second-order valence-electron chi connectivity index (χ2n) is 10.4. The van der Waals surface area contributed by atoms with Gasteiger partial charge in [0, 0.05) is 13.0 Å². The van der Waals surface area contributed by atoms with Gasteiger partial charge in [-0.3, -0.25) is 4.79 Å². The zero-order valence-electron chi connectivity index (χ0n) is 20.9. The summed E-state index contributed by atoms with van der Waals surface area (Å²) in [4.78, 5) is 25.7. The van der Waals surface area contributed by atoms with Crippen LogP contribution < -0.4 is 0 Å². The number of hydrogen-bond donors (Lipinski definition) is 0. The molecule has 6 atom stereocenters. The lowest BCUT2D eigenvalue weighted by Gasteiger charge is -2.43. The molecule has 0 aromatic heterocycles. The summed E-state index contributed by atoms with van der Waals surface area (Å²) in [5.74, 6) is -1.45. The van der Waals surface area contributed by atoms with E-state index in [2.05, 4.69) is 19.9 Å². The first-order valence-corrected chi connectivity index (χ1v) is 11.8. The van der Waals surface area contributed by atoms with Gasteiger partial charge >= 0.3 is 11.9 Å². The normalized spacial score (nSPS) is 42.8. The second kappa shape index (κ2) is 8.27. The van der Waals surface area contributed by atoms with E-state index in [1.54, 1.807) is 7.11 Å². The van der Waals surface area contributed by atoms with E-state index in [9.17, 15) is 9.59 Å². The number of methoxy groups -OCH3 is 2. The highest BCUT2D eigenvalue weighted by Gasteiger charge is 2.63. The standard InChI is InChI=1S/C26H36O7/c1-13(2)17-16-10-9-14(3)21-18-19(26(6,30-8)32-21)23(27)31-20(18)15(4)11-12-25(16,5)33-24(28)22(17)29-7/h9,13,16,18-19,21H,10-12H2,1-8H3/b14-9-,20-15+/t16-,18+,19-,21+,25+,26+/m0/s1. The van der Waals surface area contributed by atoms with Gasteiger partial charge in [0.2, 0.25) is 5.76 Å². The van der Waals surface area contributed by atoms with Gasteiger partial charge in [-0.05, 0) is 69.6 Å². The van der Waals surface area contributed by atoms with Crippen molar-refractivity contribution >= 4 is 11.9 Å². The fourth-order valence-corrected chi connectivity index (χ4v) is 6.09. The number of fused-ring (bicyclic) bond motifs is 1. The zero-order chi connectivity index (χ0) is 24.3. The molecule has 33 heavy (non-hydrogen) atoms. The van der Waals surface area contributed by atoms with E-state index in [4.69, 9.17) is 23.7 Å². The predicted octanol–water partition coefficient (Wildman–Crippen LogP) is 4.43. The molecule has 0 N–H and O–H groups in total. The number of hydrogen-bond acceptors (Lipinski definition) is 7. The first-order chi connectivity index (χ1) is 15.5. The molecule has 182 valence electrons. The highest BCUT2D eigenvalue weighted by Crippen LogP contribution is 2.54. The van der Waals surface area contributed by atoms with Crippen LogP contribution in [0, 0.1) is 23.7 Å². The third-order valence-corrected chi connectivity index (χ3v) is 8.04. The van der Waals surface area contributed by atoms with Crippen LogP contribution in [0.5, 0.6) is 0 Å². The Morgan fingerprint density at radius 3 is 2.45 bits per heavy atom. The summed E-state index contributed by atoms with van der Waals surface area (Å²) in [6.45, 7) is 12.0. The average Bonchev–Trinajstić information content (AvgIpc) is 3.26. The van der Waals surface area contributed by atoms with Crippen molar-refractivity contribution in [3.05, 3.63) is 34.3 Å². The maximum Gasteiger partial charge on any atom is 0.374 e. The Labute approximate surface area is 196 Å². The molecule has 0 unspecified atom stereocenters. The molecule has 0 amide bonds. The minimum Gasteiger partial charge on any atom is -0.490 e. The van der Waals surface area contributed by atoms with Gasteiger partial charge in [-0.15, -0.1) is 0 Å². The maximum atomic E-state index is 12.9. The molecule has 3 heterocycles. The molecule has 7 heteroatoms. The van der Waals surface area contributed by atoms with Crippen molar-refractivity contribution in [2.24, 2.45) is 23.7 Å². The largest absolute Gasteiger partial charge is 0.490 e. The molecule has 0 spiro atoms. The number of allylic oxidation sites excluding steroid dienone is 2. The summed E-state index contributed by atoms with van der Waals surface area (Å²) in [5, 5.41) is 0. The Hall–Kier alpha value is -2.12. The van der Waals surface area contributed by atoms with E-state index >= 15 is 0 Å². The minimum atomic E-state index is -1.05. The molecule has 1 aliphatic carbocycles. The highest BCUT2D eigenvalue weighted by molar-refractivity contribution is 5.89. The lowest BCUT2D eigenvalue weighted by molar-refractivity contribution is -0.217. The molecule has 4 rings (SSSR count). The number of esters is 2. The summed E-state index contributed by atoms with van der Waals surface area (Å²) in [6.07, 6.45) is 3.73. The number of carbonyl (C=O) groups excluding carboxylic acids is 2. The van der Waals surface area contributed by atoms with Gasteiger partial charge in [-0.25, -0.2) is 4.79 Å². The fourth-order valence-electron chi connectivity index (χ4n) is 6.09. The molecule has 0 aromatic carbocycles. The van der Waals surface area contributed by atoms with Gasteiger partial charge in [-0.2, -0.15) is 0 Å². The highest BCUT2D eigenvalue weighted by atomic mass is 16.7. The Balaban J connectivity index is 1.84. The van der Waals surface area contributed by atoms with Crippen LogP contribution in [0.4, 0.5) is 0 Å². The quantitative estimate of drug-likeness (QED) is 0.455. The van der Waals surface area contributed by atoms with Gasteiger partial charge in [0.05, 0.1) is 19.1 Å².